The zero-order chi connectivity index (χ0) is 29.5. The summed E-state index contributed by atoms with van der Waals surface area (Å²) in [5.74, 6) is 1.37. The van der Waals surface area contributed by atoms with E-state index in [1.807, 2.05) is 61.5 Å². The molecule has 0 heterocycles. The van der Waals surface area contributed by atoms with E-state index in [1.165, 1.54) is 0 Å². The number of phenols is 1. The van der Waals surface area contributed by atoms with Crippen LogP contribution in [0.15, 0.2) is 59.7 Å². The van der Waals surface area contributed by atoms with Gasteiger partial charge in [-0.3, -0.25) is 4.79 Å². The molecule has 0 atom stereocenters. The minimum Gasteiger partial charge on any atom is -0.507 e. The number of hydrogen-bond donors (Lipinski definition) is 2. The van der Waals surface area contributed by atoms with Crippen LogP contribution >= 0.6 is 11.6 Å². The predicted octanol–water partition coefficient (Wildman–Crippen LogP) is 7.70. The molecule has 0 aliphatic heterocycles. The number of phenolic OH excluding ortho intramolecular Hbond substituents is 1. The van der Waals surface area contributed by atoms with Gasteiger partial charge in [-0.15, -0.1) is 0 Å². The van der Waals surface area contributed by atoms with Gasteiger partial charge < -0.3 is 14.6 Å². The van der Waals surface area contributed by atoms with Crippen molar-refractivity contribution in [3.05, 3.63) is 87.4 Å². The summed E-state index contributed by atoms with van der Waals surface area (Å²) in [5.41, 5.74) is 6.74. The summed E-state index contributed by atoms with van der Waals surface area (Å²) in [6, 6.07) is 17.0. The number of ether oxygens (including phenoxy) is 2. The number of carbonyl (C=O) groups excluding carboxylic acids is 1. The summed E-state index contributed by atoms with van der Waals surface area (Å²) in [7, 11) is 0. The average Bonchev–Trinajstić information content (AvgIpc) is 2.87. The lowest BCUT2D eigenvalue weighted by Gasteiger charge is -2.28. The molecule has 0 saturated heterocycles. The van der Waals surface area contributed by atoms with Crippen molar-refractivity contribution in [3.8, 4) is 17.2 Å². The summed E-state index contributed by atoms with van der Waals surface area (Å²) >= 11 is 5.96. The number of hydrogen-bond acceptors (Lipinski definition) is 5. The van der Waals surface area contributed by atoms with Gasteiger partial charge in [-0.25, -0.2) is 5.43 Å². The van der Waals surface area contributed by atoms with Gasteiger partial charge in [0.05, 0.1) is 12.8 Å². The molecule has 0 aromatic heterocycles. The molecule has 0 aliphatic carbocycles. The molecule has 0 spiro atoms. The number of amides is 1. The molecule has 1 amide bonds. The zero-order valence-corrected chi connectivity index (χ0v) is 25.4. The fourth-order valence-electron chi connectivity index (χ4n) is 4.21. The molecule has 40 heavy (non-hydrogen) atoms. The van der Waals surface area contributed by atoms with E-state index >= 15 is 0 Å². The molecule has 3 aromatic rings. The minimum absolute atomic E-state index is 0.188. The molecule has 214 valence electrons. The number of hydrazone groups is 1. The molecule has 3 aromatic carbocycles. The minimum atomic E-state index is -0.219. The average molecular weight is 565 g/mol. The van der Waals surface area contributed by atoms with Crippen molar-refractivity contribution < 1.29 is 19.4 Å². The number of benzene rings is 3. The van der Waals surface area contributed by atoms with E-state index in [0.717, 1.165) is 27.8 Å². The van der Waals surface area contributed by atoms with Gasteiger partial charge in [0, 0.05) is 11.4 Å². The number of nitrogens with zero attached hydrogens (tertiary/aromatic N) is 1. The van der Waals surface area contributed by atoms with E-state index in [0.29, 0.717) is 41.9 Å². The van der Waals surface area contributed by atoms with E-state index in [9.17, 15) is 9.90 Å². The molecule has 0 saturated carbocycles. The Morgan fingerprint density at radius 2 is 1.52 bits per heavy atom. The Kier molecular flexibility index (Phi) is 10.3. The van der Waals surface area contributed by atoms with E-state index in [4.69, 9.17) is 21.1 Å². The van der Waals surface area contributed by atoms with Crippen molar-refractivity contribution >= 4 is 23.7 Å². The van der Waals surface area contributed by atoms with Crippen molar-refractivity contribution in [2.75, 3.05) is 6.61 Å². The second-order valence-corrected chi connectivity index (χ2v) is 12.3. The van der Waals surface area contributed by atoms with Gasteiger partial charge in [0.1, 0.15) is 12.4 Å². The molecular formula is C33H41ClN2O4. The highest BCUT2D eigenvalue weighted by Gasteiger charge is 2.26. The third-order valence-electron chi connectivity index (χ3n) is 6.40. The van der Waals surface area contributed by atoms with Gasteiger partial charge >= 0.3 is 0 Å². The first-order valence-electron chi connectivity index (χ1n) is 13.6. The topological polar surface area (TPSA) is 80.2 Å². The number of aryl methyl sites for hydroxylation is 1. The third kappa shape index (κ3) is 8.75. The first kappa shape index (κ1) is 31.0. The lowest BCUT2D eigenvalue weighted by atomic mass is 9.78. The molecular weight excluding hydrogens is 524 g/mol. The fourth-order valence-corrected chi connectivity index (χ4v) is 4.33. The maximum atomic E-state index is 12.6. The summed E-state index contributed by atoms with van der Waals surface area (Å²) in [6.07, 6.45) is 2.40. The molecule has 0 radical (unpaired) electrons. The number of nitrogens with one attached hydrogen (secondary N) is 1. The quantitative estimate of drug-likeness (QED) is 0.195. The number of halogens is 1. The molecule has 0 fully saturated rings. The Balaban J connectivity index is 1.63. The second-order valence-electron chi connectivity index (χ2n) is 11.9. The Morgan fingerprint density at radius 3 is 2.10 bits per heavy atom. The first-order chi connectivity index (χ1) is 18.8. The Bertz CT molecular complexity index is 1300. The van der Waals surface area contributed by atoms with Crippen LogP contribution in [0.3, 0.4) is 0 Å². The van der Waals surface area contributed by atoms with E-state index in [2.05, 4.69) is 52.1 Å². The lowest BCUT2D eigenvalue weighted by Crippen LogP contribution is -2.20. The highest BCUT2D eigenvalue weighted by molar-refractivity contribution is 6.30. The summed E-state index contributed by atoms with van der Waals surface area (Å²) in [4.78, 5) is 12.6. The van der Waals surface area contributed by atoms with Crippen LogP contribution in [0.25, 0.3) is 0 Å². The number of aromatic hydroxyl groups is 1. The van der Waals surface area contributed by atoms with Gasteiger partial charge in [0.15, 0.2) is 11.5 Å². The van der Waals surface area contributed by atoms with Gasteiger partial charge in [0.2, 0.25) is 5.91 Å². The summed E-state index contributed by atoms with van der Waals surface area (Å²) in [6.45, 7) is 15.3. The van der Waals surface area contributed by atoms with E-state index < -0.39 is 0 Å². The van der Waals surface area contributed by atoms with Crippen LogP contribution in [0.1, 0.15) is 82.7 Å². The van der Waals surface area contributed by atoms with Crippen molar-refractivity contribution in [2.24, 2.45) is 5.10 Å². The molecule has 0 aliphatic rings. The van der Waals surface area contributed by atoms with E-state index in [1.54, 1.807) is 6.21 Å². The third-order valence-corrected chi connectivity index (χ3v) is 6.66. The molecule has 3 rings (SSSR count). The second kappa shape index (κ2) is 13.2. The predicted molar refractivity (Wildman–Crippen MR) is 163 cm³/mol. The Morgan fingerprint density at radius 1 is 0.900 bits per heavy atom. The smallest absolute Gasteiger partial charge is 0.240 e. The molecule has 6 nitrogen and oxygen atoms in total. The summed E-state index contributed by atoms with van der Waals surface area (Å²) in [5, 5.41) is 15.7. The van der Waals surface area contributed by atoms with Gasteiger partial charge in [-0.2, -0.15) is 5.10 Å². The zero-order valence-electron chi connectivity index (χ0n) is 24.6. The molecule has 0 bridgehead atoms. The Labute approximate surface area is 243 Å². The van der Waals surface area contributed by atoms with Crippen molar-refractivity contribution in [1.29, 1.82) is 0 Å². The molecule has 2 N–H and O–H groups in total. The molecule has 0 unspecified atom stereocenters. The largest absolute Gasteiger partial charge is 0.507 e. The van der Waals surface area contributed by atoms with Crippen LogP contribution in [0.4, 0.5) is 0 Å². The van der Waals surface area contributed by atoms with Crippen LogP contribution in [0.2, 0.25) is 5.02 Å². The van der Waals surface area contributed by atoms with Crippen LogP contribution in [0, 0.1) is 0 Å². The van der Waals surface area contributed by atoms with Gasteiger partial charge in [-0.1, -0.05) is 77.4 Å². The highest BCUT2D eigenvalue weighted by atomic mass is 35.5. The molecule has 7 heteroatoms. The maximum absolute atomic E-state index is 12.6. The van der Waals surface area contributed by atoms with Crippen molar-refractivity contribution in [1.82, 2.24) is 5.43 Å². The normalized spacial score (nSPS) is 12.0. The van der Waals surface area contributed by atoms with E-state index in [-0.39, 0.29) is 23.2 Å². The van der Waals surface area contributed by atoms with Crippen LogP contribution in [0.5, 0.6) is 17.2 Å². The fraction of sp³-hybridized carbons (Fsp3) is 0.394. The van der Waals surface area contributed by atoms with Crippen LogP contribution in [-0.4, -0.2) is 23.8 Å². The first-order valence-corrected chi connectivity index (χ1v) is 14.0. The van der Waals surface area contributed by atoms with Crippen molar-refractivity contribution in [2.45, 2.75) is 78.7 Å². The number of rotatable bonds is 10. The lowest BCUT2D eigenvalue weighted by molar-refractivity contribution is -0.121. The summed E-state index contributed by atoms with van der Waals surface area (Å²) < 4.78 is 11.7. The van der Waals surface area contributed by atoms with Crippen molar-refractivity contribution in [3.63, 3.8) is 0 Å². The standard InChI is InChI=1S/C33H41ClN2O4/c1-8-39-29-19-24(11-15-28(29)40-21-22-9-13-25(34)14-10-22)20-35-36-30(37)16-12-23-17-26(32(2,3)4)31(38)27(18-23)33(5,6)7/h9-11,13-15,17-20,38H,8,12,16,21H2,1-7H3,(H,36,37)/b35-20-. The van der Waals surface area contributed by atoms with Gasteiger partial charge in [-0.05, 0) is 82.3 Å². The highest BCUT2D eigenvalue weighted by Crippen LogP contribution is 2.40. The van der Waals surface area contributed by atoms with Crippen LogP contribution < -0.4 is 14.9 Å². The SMILES string of the molecule is CCOc1cc(/C=N\NC(=O)CCc2cc(C(C)(C)C)c(O)c(C(C)(C)C)c2)ccc1OCc1ccc(Cl)cc1. The Hall–Kier alpha value is -3.51. The van der Waals surface area contributed by atoms with Gasteiger partial charge in [0.25, 0.3) is 0 Å². The van der Waals surface area contributed by atoms with Crippen LogP contribution in [-0.2, 0) is 28.7 Å². The maximum Gasteiger partial charge on any atom is 0.240 e. The monoisotopic (exact) mass is 564 g/mol. The number of carbonyl (C=O) groups is 1.